The quantitative estimate of drug-likeness (QED) is 0.661. The monoisotopic (exact) mass is 280 g/mol. The van der Waals surface area contributed by atoms with E-state index in [1.54, 1.807) is 0 Å². The van der Waals surface area contributed by atoms with Gasteiger partial charge >= 0.3 is 0 Å². The van der Waals surface area contributed by atoms with Crippen molar-refractivity contribution in [2.75, 3.05) is 26.7 Å². The average Bonchev–Trinajstić information content (AvgIpc) is 2.82. The van der Waals surface area contributed by atoms with Crippen LogP contribution in [0.4, 0.5) is 0 Å². The molecular weight excluding hydrogens is 256 g/mol. The van der Waals surface area contributed by atoms with Crippen molar-refractivity contribution in [1.29, 1.82) is 0 Å². The SMILES string of the molecule is CN(CCc1ccccc1)C1C(CN)OC(CO)C1O. The summed E-state index contributed by atoms with van der Waals surface area (Å²) < 4.78 is 5.59. The molecule has 112 valence electrons. The maximum absolute atomic E-state index is 10.2. The Morgan fingerprint density at radius 1 is 1.25 bits per heavy atom. The van der Waals surface area contributed by atoms with Gasteiger partial charge in [0.2, 0.25) is 0 Å². The fraction of sp³-hybridized carbons (Fsp3) is 0.600. The Morgan fingerprint density at radius 3 is 2.55 bits per heavy atom. The van der Waals surface area contributed by atoms with E-state index in [4.69, 9.17) is 10.5 Å². The van der Waals surface area contributed by atoms with Gasteiger partial charge in [0.1, 0.15) is 12.2 Å². The molecule has 0 aliphatic carbocycles. The third-order valence-corrected chi connectivity index (χ3v) is 3.98. The number of nitrogens with zero attached hydrogens (tertiary/aromatic N) is 1. The Hall–Kier alpha value is -0.980. The smallest absolute Gasteiger partial charge is 0.109 e. The van der Waals surface area contributed by atoms with Crippen molar-refractivity contribution in [3.05, 3.63) is 35.9 Å². The second-order valence-corrected chi connectivity index (χ2v) is 5.33. The fourth-order valence-electron chi connectivity index (χ4n) is 2.82. The van der Waals surface area contributed by atoms with Crippen LogP contribution < -0.4 is 5.73 Å². The Morgan fingerprint density at radius 2 is 1.95 bits per heavy atom. The van der Waals surface area contributed by atoms with Crippen LogP contribution in [0.1, 0.15) is 5.56 Å². The maximum atomic E-state index is 10.2. The Balaban J connectivity index is 1.95. The average molecular weight is 280 g/mol. The molecule has 4 atom stereocenters. The highest BCUT2D eigenvalue weighted by Gasteiger charge is 2.44. The number of benzene rings is 1. The molecule has 0 bridgehead atoms. The van der Waals surface area contributed by atoms with Crippen LogP contribution in [0.25, 0.3) is 0 Å². The summed E-state index contributed by atoms with van der Waals surface area (Å²) in [6.07, 6.45) is -0.563. The highest BCUT2D eigenvalue weighted by atomic mass is 16.5. The fourth-order valence-corrected chi connectivity index (χ4v) is 2.82. The van der Waals surface area contributed by atoms with E-state index >= 15 is 0 Å². The highest BCUT2D eigenvalue weighted by Crippen LogP contribution is 2.24. The summed E-state index contributed by atoms with van der Waals surface area (Å²) in [6, 6.07) is 10.1. The molecule has 4 N–H and O–H groups in total. The standard InChI is InChI=1S/C15H24N2O3/c1-17(8-7-11-5-3-2-4-6-11)14-12(9-16)20-13(10-18)15(14)19/h2-6,12-15,18-19H,7-10,16H2,1H3. The van der Waals surface area contributed by atoms with E-state index in [-0.39, 0.29) is 18.8 Å². The molecular formula is C15H24N2O3. The van der Waals surface area contributed by atoms with Gasteiger partial charge in [-0.15, -0.1) is 0 Å². The normalized spacial score (nSPS) is 30.1. The first-order valence-corrected chi connectivity index (χ1v) is 7.06. The second kappa shape index (κ2) is 7.15. The van der Waals surface area contributed by atoms with Crippen LogP contribution in [0.2, 0.25) is 0 Å². The lowest BCUT2D eigenvalue weighted by Gasteiger charge is -2.30. The van der Waals surface area contributed by atoms with Gasteiger partial charge in [-0.05, 0) is 19.0 Å². The minimum absolute atomic E-state index is 0.166. The van der Waals surface area contributed by atoms with Crippen LogP contribution >= 0.6 is 0 Å². The predicted molar refractivity (Wildman–Crippen MR) is 77.4 cm³/mol. The molecule has 2 rings (SSSR count). The van der Waals surface area contributed by atoms with Crippen LogP contribution in [-0.2, 0) is 11.2 Å². The van der Waals surface area contributed by atoms with Crippen LogP contribution in [-0.4, -0.2) is 66.2 Å². The Kier molecular flexibility index (Phi) is 5.51. The van der Waals surface area contributed by atoms with Gasteiger partial charge in [-0.1, -0.05) is 30.3 Å². The first kappa shape index (κ1) is 15.4. The number of rotatable bonds is 6. The zero-order chi connectivity index (χ0) is 14.5. The molecule has 1 aliphatic heterocycles. The van der Waals surface area contributed by atoms with Gasteiger partial charge < -0.3 is 20.7 Å². The summed E-state index contributed by atoms with van der Waals surface area (Å²) in [6.45, 7) is 0.971. The molecule has 1 aromatic rings. The molecule has 0 spiro atoms. The topological polar surface area (TPSA) is 79.0 Å². The van der Waals surface area contributed by atoms with E-state index in [9.17, 15) is 10.2 Å². The molecule has 0 saturated carbocycles. The van der Waals surface area contributed by atoms with E-state index in [1.165, 1.54) is 5.56 Å². The molecule has 5 heteroatoms. The number of hydrogen-bond acceptors (Lipinski definition) is 5. The van der Waals surface area contributed by atoms with Crippen LogP contribution in [0.3, 0.4) is 0 Å². The van der Waals surface area contributed by atoms with E-state index in [0.717, 1.165) is 13.0 Å². The lowest BCUT2D eigenvalue weighted by Crippen LogP contribution is -2.49. The summed E-state index contributed by atoms with van der Waals surface area (Å²) in [7, 11) is 1.96. The van der Waals surface area contributed by atoms with Gasteiger partial charge in [0.05, 0.1) is 18.8 Å². The van der Waals surface area contributed by atoms with Crippen LogP contribution in [0.5, 0.6) is 0 Å². The molecule has 1 fully saturated rings. The summed E-state index contributed by atoms with van der Waals surface area (Å²) in [5.74, 6) is 0. The van der Waals surface area contributed by atoms with Gasteiger partial charge in [-0.25, -0.2) is 0 Å². The van der Waals surface area contributed by atoms with Crippen molar-refractivity contribution in [2.45, 2.75) is 30.8 Å². The molecule has 4 unspecified atom stereocenters. The summed E-state index contributed by atoms with van der Waals surface area (Å²) in [5.41, 5.74) is 6.96. The van der Waals surface area contributed by atoms with Crippen molar-refractivity contribution in [3.8, 4) is 0 Å². The number of nitrogens with two attached hydrogens (primary N) is 1. The lowest BCUT2D eigenvalue weighted by molar-refractivity contribution is -0.0193. The molecule has 1 aliphatic rings. The largest absolute Gasteiger partial charge is 0.394 e. The Labute approximate surface area is 120 Å². The molecule has 1 heterocycles. The first-order chi connectivity index (χ1) is 9.67. The summed E-state index contributed by atoms with van der Waals surface area (Å²) in [4.78, 5) is 2.07. The maximum Gasteiger partial charge on any atom is 0.109 e. The minimum atomic E-state index is -0.700. The van der Waals surface area contributed by atoms with Gasteiger partial charge in [-0.2, -0.15) is 0 Å². The molecule has 0 amide bonds. The first-order valence-electron chi connectivity index (χ1n) is 7.06. The van der Waals surface area contributed by atoms with Gasteiger partial charge in [0.15, 0.2) is 0 Å². The predicted octanol–water partition coefficient (Wildman–Crippen LogP) is -0.391. The number of aliphatic hydroxyl groups excluding tert-OH is 2. The Bertz CT molecular complexity index is 399. The number of ether oxygens (including phenoxy) is 1. The molecule has 0 radical (unpaired) electrons. The second-order valence-electron chi connectivity index (χ2n) is 5.33. The summed E-state index contributed by atoms with van der Waals surface area (Å²) in [5, 5.41) is 19.4. The zero-order valence-corrected chi connectivity index (χ0v) is 11.9. The van der Waals surface area contributed by atoms with E-state index < -0.39 is 12.2 Å². The minimum Gasteiger partial charge on any atom is -0.394 e. The molecule has 5 nitrogen and oxygen atoms in total. The van der Waals surface area contributed by atoms with Crippen molar-refractivity contribution >= 4 is 0 Å². The number of hydrogen-bond donors (Lipinski definition) is 3. The van der Waals surface area contributed by atoms with Crippen molar-refractivity contribution in [2.24, 2.45) is 5.73 Å². The molecule has 0 aromatic heterocycles. The lowest BCUT2D eigenvalue weighted by atomic mass is 10.0. The van der Waals surface area contributed by atoms with Gasteiger partial charge in [0, 0.05) is 13.1 Å². The third kappa shape index (κ3) is 3.37. The van der Waals surface area contributed by atoms with Gasteiger partial charge in [0.25, 0.3) is 0 Å². The number of aliphatic hydroxyl groups is 2. The van der Waals surface area contributed by atoms with Crippen LogP contribution in [0.15, 0.2) is 30.3 Å². The van der Waals surface area contributed by atoms with Crippen molar-refractivity contribution < 1.29 is 14.9 Å². The molecule has 1 saturated heterocycles. The van der Waals surface area contributed by atoms with E-state index in [1.807, 2.05) is 25.2 Å². The van der Waals surface area contributed by atoms with Crippen molar-refractivity contribution in [3.63, 3.8) is 0 Å². The highest BCUT2D eigenvalue weighted by molar-refractivity contribution is 5.15. The number of likely N-dealkylation sites (N-methyl/N-ethyl adjacent to an activating group) is 1. The summed E-state index contributed by atoms with van der Waals surface area (Å²) >= 11 is 0. The van der Waals surface area contributed by atoms with E-state index in [2.05, 4.69) is 17.0 Å². The molecule has 20 heavy (non-hydrogen) atoms. The van der Waals surface area contributed by atoms with Gasteiger partial charge in [-0.3, -0.25) is 4.90 Å². The zero-order valence-electron chi connectivity index (χ0n) is 11.9. The molecule has 1 aromatic carbocycles. The van der Waals surface area contributed by atoms with Crippen LogP contribution in [0, 0.1) is 0 Å². The van der Waals surface area contributed by atoms with Crippen molar-refractivity contribution in [1.82, 2.24) is 4.90 Å². The van der Waals surface area contributed by atoms with E-state index in [0.29, 0.717) is 6.54 Å². The third-order valence-electron chi connectivity index (χ3n) is 3.98.